The molecule has 0 atom stereocenters. The molecule has 2 aromatic rings. The third-order valence-electron chi connectivity index (χ3n) is 3.81. The first kappa shape index (κ1) is 18.5. The molecule has 1 aromatic heterocycles. The summed E-state index contributed by atoms with van der Waals surface area (Å²) in [4.78, 5) is 30.8. The zero-order valence-corrected chi connectivity index (χ0v) is 15.6. The number of carbonyl (C=O) groups excluding carboxylic acids is 2. The molecule has 2 heterocycles. The molecule has 136 valence electrons. The Hall–Kier alpha value is -2.25. The number of hydrogen-bond acceptors (Lipinski definition) is 5. The molecule has 0 saturated heterocycles. The molecular weight excluding hydrogens is 374 g/mol. The summed E-state index contributed by atoms with van der Waals surface area (Å²) in [5.74, 6) is 0.800. The van der Waals surface area contributed by atoms with Crippen molar-refractivity contribution in [2.45, 2.75) is 11.4 Å². The SMILES string of the molecule is O=C(CSc1ccncc1)NCCN1Cc2cc(Cl)ccc2OCC1=O. The molecule has 2 amide bonds. The van der Waals surface area contributed by atoms with Gasteiger partial charge in [-0.05, 0) is 30.3 Å². The smallest absolute Gasteiger partial charge is 0.260 e. The number of fused-ring (bicyclic) bond motifs is 1. The lowest BCUT2D eigenvalue weighted by molar-refractivity contribution is -0.133. The number of amides is 2. The molecule has 0 spiro atoms. The van der Waals surface area contributed by atoms with Crippen LogP contribution in [0.3, 0.4) is 0 Å². The number of nitrogens with one attached hydrogen (secondary N) is 1. The number of halogens is 1. The Kier molecular flexibility index (Phi) is 6.35. The van der Waals surface area contributed by atoms with E-state index in [2.05, 4.69) is 10.3 Å². The van der Waals surface area contributed by atoms with Crippen molar-refractivity contribution in [3.8, 4) is 5.75 Å². The fourth-order valence-corrected chi connectivity index (χ4v) is 3.41. The molecule has 1 aliphatic heterocycles. The third-order valence-corrected chi connectivity index (χ3v) is 5.06. The van der Waals surface area contributed by atoms with Crippen LogP contribution in [-0.4, -0.2) is 47.1 Å². The van der Waals surface area contributed by atoms with Crippen molar-refractivity contribution in [3.63, 3.8) is 0 Å². The predicted octanol–water partition coefficient (Wildman–Crippen LogP) is 2.36. The van der Waals surface area contributed by atoms with E-state index in [0.717, 1.165) is 10.5 Å². The van der Waals surface area contributed by atoms with Gasteiger partial charge >= 0.3 is 0 Å². The molecule has 0 saturated carbocycles. The van der Waals surface area contributed by atoms with Crippen molar-refractivity contribution >= 4 is 35.2 Å². The van der Waals surface area contributed by atoms with Gasteiger partial charge in [-0.25, -0.2) is 0 Å². The van der Waals surface area contributed by atoms with Gasteiger partial charge in [0.15, 0.2) is 6.61 Å². The number of hydrogen-bond donors (Lipinski definition) is 1. The van der Waals surface area contributed by atoms with Gasteiger partial charge < -0.3 is 15.0 Å². The molecule has 8 heteroatoms. The second-order valence-electron chi connectivity index (χ2n) is 5.68. The van der Waals surface area contributed by atoms with E-state index in [4.69, 9.17) is 16.3 Å². The lowest BCUT2D eigenvalue weighted by Crippen LogP contribution is -2.39. The van der Waals surface area contributed by atoms with E-state index < -0.39 is 0 Å². The van der Waals surface area contributed by atoms with Gasteiger partial charge in [-0.1, -0.05) is 11.6 Å². The normalized spacial score (nSPS) is 13.6. The number of thioether (sulfide) groups is 1. The fourth-order valence-electron chi connectivity index (χ4n) is 2.51. The van der Waals surface area contributed by atoms with Gasteiger partial charge in [0.25, 0.3) is 5.91 Å². The van der Waals surface area contributed by atoms with Gasteiger partial charge in [0.2, 0.25) is 5.91 Å². The number of ether oxygens (including phenoxy) is 1. The largest absolute Gasteiger partial charge is 0.483 e. The second-order valence-corrected chi connectivity index (χ2v) is 7.16. The van der Waals surface area contributed by atoms with E-state index >= 15 is 0 Å². The van der Waals surface area contributed by atoms with E-state index in [-0.39, 0.29) is 18.4 Å². The number of nitrogens with zero attached hydrogens (tertiary/aromatic N) is 2. The Morgan fingerprint density at radius 2 is 2.12 bits per heavy atom. The molecule has 0 aliphatic carbocycles. The molecule has 1 aliphatic rings. The van der Waals surface area contributed by atoms with Gasteiger partial charge in [0.05, 0.1) is 5.75 Å². The summed E-state index contributed by atoms with van der Waals surface area (Å²) in [5, 5.41) is 3.44. The van der Waals surface area contributed by atoms with Crippen LogP contribution >= 0.6 is 23.4 Å². The molecular formula is C18H18ClN3O3S. The summed E-state index contributed by atoms with van der Waals surface area (Å²) in [6.07, 6.45) is 3.38. The van der Waals surface area contributed by atoms with Gasteiger partial charge in [0, 0.05) is 47.5 Å². The van der Waals surface area contributed by atoms with Crippen LogP contribution in [0.25, 0.3) is 0 Å². The van der Waals surface area contributed by atoms with E-state index in [9.17, 15) is 9.59 Å². The van der Waals surface area contributed by atoms with Crippen LogP contribution in [0.4, 0.5) is 0 Å². The minimum absolute atomic E-state index is 0.0134. The highest BCUT2D eigenvalue weighted by atomic mass is 35.5. The monoisotopic (exact) mass is 391 g/mol. The van der Waals surface area contributed by atoms with Crippen LogP contribution < -0.4 is 10.1 Å². The minimum atomic E-state index is -0.113. The predicted molar refractivity (Wildman–Crippen MR) is 100 cm³/mol. The van der Waals surface area contributed by atoms with Crippen LogP contribution in [0.1, 0.15) is 5.56 Å². The van der Waals surface area contributed by atoms with E-state index in [0.29, 0.717) is 36.2 Å². The lowest BCUT2D eigenvalue weighted by Gasteiger charge is -2.20. The first-order chi connectivity index (χ1) is 12.6. The number of benzene rings is 1. The number of rotatable bonds is 6. The average molecular weight is 392 g/mol. The zero-order chi connectivity index (χ0) is 18.4. The van der Waals surface area contributed by atoms with Crippen molar-refractivity contribution in [1.29, 1.82) is 0 Å². The molecule has 0 radical (unpaired) electrons. The van der Waals surface area contributed by atoms with E-state index in [1.165, 1.54) is 11.8 Å². The maximum Gasteiger partial charge on any atom is 0.260 e. The lowest BCUT2D eigenvalue weighted by atomic mass is 10.2. The molecule has 3 rings (SSSR count). The summed E-state index contributed by atoms with van der Waals surface area (Å²) in [5.41, 5.74) is 0.864. The average Bonchev–Trinajstić information content (AvgIpc) is 2.80. The Balaban J connectivity index is 1.47. The Morgan fingerprint density at radius 3 is 2.92 bits per heavy atom. The maximum absolute atomic E-state index is 12.2. The number of carbonyl (C=O) groups is 2. The highest BCUT2D eigenvalue weighted by Gasteiger charge is 2.21. The van der Waals surface area contributed by atoms with Crippen LogP contribution in [0.15, 0.2) is 47.6 Å². The van der Waals surface area contributed by atoms with Crippen LogP contribution in [0.5, 0.6) is 5.75 Å². The summed E-state index contributed by atoms with van der Waals surface area (Å²) in [6, 6.07) is 9.02. The Bertz CT molecular complexity index is 789. The Labute approximate surface area is 160 Å². The first-order valence-electron chi connectivity index (χ1n) is 8.10. The molecule has 0 bridgehead atoms. The fraction of sp³-hybridized carbons (Fsp3) is 0.278. The third kappa shape index (κ3) is 5.12. The molecule has 0 unspecified atom stereocenters. The van der Waals surface area contributed by atoms with Gasteiger partial charge in [-0.15, -0.1) is 11.8 Å². The number of pyridine rings is 1. The van der Waals surface area contributed by atoms with Crippen molar-refractivity contribution in [1.82, 2.24) is 15.2 Å². The van der Waals surface area contributed by atoms with Crippen LogP contribution in [0, 0.1) is 0 Å². The summed E-state index contributed by atoms with van der Waals surface area (Å²) in [6.45, 7) is 1.20. The van der Waals surface area contributed by atoms with Gasteiger partial charge in [-0.3, -0.25) is 14.6 Å². The van der Waals surface area contributed by atoms with E-state index in [1.54, 1.807) is 35.5 Å². The highest BCUT2D eigenvalue weighted by Crippen LogP contribution is 2.26. The number of aromatic nitrogens is 1. The molecule has 26 heavy (non-hydrogen) atoms. The van der Waals surface area contributed by atoms with Gasteiger partial charge in [-0.2, -0.15) is 0 Å². The quantitative estimate of drug-likeness (QED) is 0.765. The molecule has 1 aromatic carbocycles. The van der Waals surface area contributed by atoms with Crippen molar-refractivity contribution in [2.75, 3.05) is 25.4 Å². The van der Waals surface area contributed by atoms with Crippen LogP contribution in [0.2, 0.25) is 5.02 Å². The van der Waals surface area contributed by atoms with E-state index in [1.807, 2.05) is 12.1 Å². The molecule has 0 fully saturated rings. The van der Waals surface area contributed by atoms with Crippen molar-refractivity contribution in [2.24, 2.45) is 0 Å². The zero-order valence-electron chi connectivity index (χ0n) is 14.0. The first-order valence-corrected chi connectivity index (χ1v) is 9.47. The Morgan fingerprint density at radius 1 is 1.31 bits per heavy atom. The standard InChI is InChI=1S/C18H18ClN3O3S/c19-14-1-2-16-13(9-14)10-22(18(24)11-25-16)8-7-21-17(23)12-26-15-3-5-20-6-4-15/h1-6,9H,7-8,10-12H2,(H,21,23). The molecule has 1 N–H and O–H groups in total. The second kappa shape index (κ2) is 8.91. The summed E-state index contributed by atoms with van der Waals surface area (Å²) < 4.78 is 5.52. The summed E-state index contributed by atoms with van der Waals surface area (Å²) in [7, 11) is 0. The van der Waals surface area contributed by atoms with Crippen molar-refractivity contribution < 1.29 is 14.3 Å². The maximum atomic E-state index is 12.2. The topological polar surface area (TPSA) is 71.5 Å². The highest BCUT2D eigenvalue weighted by molar-refractivity contribution is 8.00. The van der Waals surface area contributed by atoms with Gasteiger partial charge in [0.1, 0.15) is 5.75 Å². The van der Waals surface area contributed by atoms with Crippen molar-refractivity contribution in [3.05, 3.63) is 53.3 Å². The molecule has 6 nitrogen and oxygen atoms in total. The van der Waals surface area contributed by atoms with Crippen LogP contribution in [-0.2, 0) is 16.1 Å². The minimum Gasteiger partial charge on any atom is -0.483 e. The summed E-state index contributed by atoms with van der Waals surface area (Å²) >= 11 is 7.47.